The number of aliphatic hydroxyl groups is 1. The molecule has 3 aromatic rings. The quantitative estimate of drug-likeness (QED) is 0.737. The maximum atomic E-state index is 13.0. The molecule has 2 heterocycles. The lowest BCUT2D eigenvalue weighted by Crippen LogP contribution is -2.27. The van der Waals surface area contributed by atoms with Gasteiger partial charge in [-0.1, -0.05) is 12.1 Å². The Labute approximate surface area is 142 Å². The minimum Gasteiger partial charge on any atom is -0.467 e. The molecule has 1 unspecified atom stereocenters. The Bertz CT molecular complexity index is 825. The van der Waals surface area contributed by atoms with Gasteiger partial charge >= 0.3 is 0 Å². The van der Waals surface area contributed by atoms with Crippen LogP contribution in [0.2, 0.25) is 0 Å². The largest absolute Gasteiger partial charge is 0.467 e. The highest BCUT2D eigenvalue weighted by molar-refractivity contribution is 7.14. The van der Waals surface area contributed by atoms with Crippen LogP contribution in [0.25, 0.3) is 11.1 Å². The van der Waals surface area contributed by atoms with Gasteiger partial charge in [0.2, 0.25) is 0 Å². The minimum absolute atomic E-state index is 0.0647. The summed E-state index contributed by atoms with van der Waals surface area (Å²) in [5.41, 5.74) is 1.76. The van der Waals surface area contributed by atoms with Crippen LogP contribution < -0.4 is 5.32 Å². The predicted octanol–water partition coefficient (Wildman–Crippen LogP) is 3.92. The van der Waals surface area contributed by atoms with Gasteiger partial charge in [-0.15, -0.1) is 11.3 Å². The number of furan rings is 1. The first-order chi connectivity index (χ1) is 11.5. The minimum atomic E-state index is -0.887. The average molecular weight is 345 g/mol. The number of aryl methyl sites for hydroxylation is 1. The van der Waals surface area contributed by atoms with Gasteiger partial charge in [0.25, 0.3) is 5.91 Å². The Balaban J connectivity index is 1.70. The molecule has 24 heavy (non-hydrogen) atoms. The van der Waals surface area contributed by atoms with E-state index in [0.29, 0.717) is 10.6 Å². The normalized spacial score (nSPS) is 12.1. The van der Waals surface area contributed by atoms with Gasteiger partial charge in [-0.2, -0.15) is 0 Å². The van der Waals surface area contributed by atoms with Gasteiger partial charge in [-0.3, -0.25) is 4.79 Å². The molecule has 4 nitrogen and oxygen atoms in total. The zero-order valence-corrected chi connectivity index (χ0v) is 13.8. The molecule has 0 radical (unpaired) electrons. The summed E-state index contributed by atoms with van der Waals surface area (Å²) < 4.78 is 18.1. The molecule has 0 aliphatic heterocycles. The number of carbonyl (C=O) groups is 1. The van der Waals surface area contributed by atoms with Crippen molar-refractivity contribution in [3.05, 3.63) is 70.1 Å². The molecule has 0 aliphatic carbocycles. The van der Waals surface area contributed by atoms with Gasteiger partial charge in [-0.25, -0.2) is 4.39 Å². The van der Waals surface area contributed by atoms with Crippen LogP contribution in [-0.2, 0) is 0 Å². The smallest absolute Gasteiger partial charge is 0.261 e. The molecule has 1 amide bonds. The van der Waals surface area contributed by atoms with E-state index >= 15 is 0 Å². The third-order valence-corrected chi connectivity index (χ3v) is 4.67. The Morgan fingerprint density at radius 3 is 2.75 bits per heavy atom. The Kier molecular flexibility index (Phi) is 4.78. The number of hydrogen-bond acceptors (Lipinski definition) is 4. The molecule has 0 saturated carbocycles. The molecular weight excluding hydrogens is 329 g/mol. The van der Waals surface area contributed by atoms with Gasteiger partial charge in [0.05, 0.1) is 17.7 Å². The first kappa shape index (κ1) is 16.4. The maximum Gasteiger partial charge on any atom is 0.261 e. The zero-order valence-electron chi connectivity index (χ0n) is 13.0. The highest BCUT2D eigenvalue weighted by atomic mass is 32.1. The van der Waals surface area contributed by atoms with Gasteiger partial charge in [0.15, 0.2) is 0 Å². The molecule has 2 aromatic heterocycles. The lowest BCUT2D eigenvalue weighted by Gasteiger charge is -2.08. The number of thiophene rings is 1. The van der Waals surface area contributed by atoms with Crippen LogP contribution in [0.3, 0.4) is 0 Å². The van der Waals surface area contributed by atoms with Crippen LogP contribution in [0, 0.1) is 12.7 Å². The van der Waals surface area contributed by atoms with Crippen molar-refractivity contribution >= 4 is 17.2 Å². The SMILES string of the molecule is Cc1sc(C(=O)NCC(O)c2ccco2)cc1-c1ccc(F)cc1. The Morgan fingerprint density at radius 1 is 1.33 bits per heavy atom. The summed E-state index contributed by atoms with van der Waals surface area (Å²) in [7, 11) is 0. The van der Waals surface area contributed by atoms with Crippen LogP contribution in [0.5, 0.6) is 0 Å². The number of amides is 1. The summed E-state index contributed by atoms with van der Waals surface area (Å²) >= 11 is 1.36. The monoisotopic (exact) mass is 345 g/mol. The van der Waals surface area contributed by atoms with Gasteiger partial charge < -0.3 is 14.8 Å². The maximum absolute atomic E-state index is 13.0. The predicted molar refractivity (Wildman–Crippen MR) is 90.5 cm³/mol. The summed E-state index contributed by atoms with van der Waals surface area (Å²) in [6, 6.07) is 11.3. The second kappa shape index (κ2) is 6.98. The fourth-order valence-electron chi connectivity index (χ4n) is 2.37. The molecule has 0 saturated heterocycles. The van der Waals surface area contributed by atoms with E-state index in [0.717, 1.165) is 16.0 Å². The Hall–Kier alpha value is -2.44. The lowest BCUT2D eigenvalue weighted by molar-refractivity contribution is 0.0905. The van der Waals surface area contributed by atoms with Crippen molar-refractivity contribution in [2.24, 2.45) is 0 Å². The van der Waals surface area contributed by atoms with Crippen LogP contribution in [0.4, 0.5) is 4.39 Å². The van der Waals surface area contributed by atoms with Crippen molar-refractivity contribution in [2.75, 3.05) is 6.54 Å². The summed E-state index contributed by atoms with van der Waals surface area (Å²) in [5.74, 6) is -0.150. The average Bonchev–Trinajstić information content (AvgIpc) is 3.23. The topological polar surface area (TPSA) is 62.5 Å². The molecule has 0 aliphatic rings. The van der Waals surface area contributed by atoms with E-state index in [1.54, 1.807) is 30.3 Å². The fourth-order valence-corrected chi connectivity index (χ4v) is 3.33. The summed E-state index contributed by atoms with van der Waals surface area (Å²) in [5, 5.41) is 12.6. The molecule has 1 aromatic carbocycles. The van der Waals surface area contributed by atoms with Gasteiger partial charge in [-0.05, 0) is 48.4 Å². The van der Waals surface area contributed by atoms with E-state index in [4.69, 9.17) is 4.42 Å². The van der Waals surface area contributed by atoms with E-state index < -0.39 is 6.10 Å². The third kappa shape index (κ3) is 3.55. The van der Waals surface area contributed by atoms with Crippen molar-refractivity contribution < 1.29 is 18.7 Å². The molecule has 124 valence electrons. The highest BCUT2D eigenvalue weighted by Gasteiger charge is 2.16. The molecule has 6 heteroatoms. The van der Waals surface area contributed by atoms with Gasteiger partial charge in [0, 0.05) is 4.88 Å². The fraction of sp³-hybridized carbons (Fsp3) is 0.167. The van der Waals surface area contributed by atoms with Crippen molar-refractivity contribution in [3.63, 3.8) is 0 Å². The second-order valence-electron chi connectivity index (χ2n) is 5.33. The molecule has 2 N–H and O–H groups in total. The number of benzene rings is 1. The first-order valence-electron chi connectivity index (χ1n) is 7.40. The van der Waals surface area contributed by atoms with E-state index in [1.807, 2.05) is 6.92 Å². The van der Waals surface area contributed by atoms with Crippen molar-refractivity contribution in [1.29, 1.82) is 0 Å². The van der Waals surface area contributed by atoms with E-state index in [-0.39, 0.29) is 18.3 Å². The number of carbonyl (C=O) groups excluding carboxylic acids is 1. The van der Waals surface area contributed by atoms with Crippen LogP contribution in [0.1, 0.15) is 26.4 Å². The van der Waals surface area contributed by atoms with Crippen LogP contribution >= 0.6 is 11.3 Å². The number of nitrogens with one attached hydrogen (secondary N) is 1. The van der Waals surface area contributed by atoms with E-state index in [9.17, 15) is 14.3 Å². The zero-order chi connectivity index (χ0) is 17.1. The Morgan fingerprint density at radius 2 is 2.08 bits per heavy atom. The summed E-state index contributed by atoms with van der Waals surface area (Å²) in [6.07, 6.45) is 0.583. The standard InChI is InChI=1S/C18H16FNO3S/c1-11-14(12-4-6-13(19)7-5-12)9-17(24-11)18(22)20-10-15(21)16-3-2-8-23-16/h2-9,15,21H,10H2,1H3,(H,20,22). The molecular formula is C18H16FNO3S. The second-order valence-corrected chi connectivity index (χ2v) is 6.58. The lowest BCUT2D eigenvalue weighted by atomic mass is 10.1. The number of rotatable bonds is 5. The third-order valence-electron chi connectivity index (χ3n) is 3.62. The number of aliphatic hydroxyl groups excluding tert-OH is 1. The van der Waals surface area contributed by atoms with Gasteiger partial charge in [0.1, 0.15) is 17.7 Å². The summed E-state index contributed by atoms with van der Waals surface area (Å²) in [6.45, 7) is 1.98. The first-order valence-corrected chi connectivity index (χ1v) is 8.22. The molecule has 0 fully saturated rings. The number of halogens is 1. The van der Waals surface area contributed by atoms with Crippen molar-refractivity contribution in [3.8, 4) is 11.1 Å². The van der Waals surface area contributed by atoms with E-state index in [1.165, 1.54) is 29.7 Å². The van der Waals surface area contributed by atoms with Crippen molar-refractivity contribution in [2.45, 2.75) is 13.0 Å². The molecule has 0 spiro atoms. The molecule has 3 rings (SSSR count). The van der Waals surface area contributed by atoms with Crippen LogP contribution in [-0.4, -0.2) is 17.6 Å². The molecule has 0 bridgehead atoms. The molecule has 1 atom stereocenters. The summed E-state index contributed by atoms with van der Waals surface area (Å²) in [4.78, 5) is 13.8. The van der Waals surface area contributed by atoms with E-state index in [2.05, 4.69) is 5.32 Å². The number of hydrogen-bond donors (Lipinski definition) is 2. The highest BCUT2D eigenvalue weighted by Crippen LogP contribution is 2.31. The van der Waals surface area contributed by atoms with Crippen LogP contribution in [0.15, 0.2) is 53.1 Å². The van der Waals surface area contributed by atoms with Crippen molar-refractivity contribution in [1.82, 2.24) is 5.32 Å².